The molecule has 0 saturated carbocycles. The van der Waals surface area contributed by atoms with Crippen molar-refractivity contribution in [3.05, 3.63) is 40.6 Å². The second-order valence-corrected chi connectivity index (χ2v) is 5.50. The van der Waals surface area contributed by atoms with Gasteiger partial charge in [0.05, 0.1) is 6.33 Å². The molecule has 0 spiro atoms. The lowest BCUT2D eigenvalue weighted by atomic mass is 10.0. The van der Waals surface area contributed by atoms with Crippen molar-refractivity contribution in [1.82, 2.24) is 15.3 Å². The fraction of sp³-hybridized carbons (Fsp3) is 0.462. The SMILES string of the molecule is CC(C)C(NCCc1cnc[nH]1)c1cccs1. The second-order valence-electron chi connectivity index (χ2n) is 4.52. The summed E-state index contributed by atoms with van der Waals surface area (Å²) in [5.74, 6) is 0.607. The van der Waals surface area contributed by atoms with Crippen molar-refractivity contribution in [2.45, 2.75) is 26.3 Å². The number of H-pyrrole nitrogens is 1. The van der Waals surface area contributed by atoms with Crippen molar-refractivity contribution in [3.8, 4) is 0 Å². The number of aromatic amines is 1. The summed E-state index contributed by atoms with van der Waals surface area (Å²) in [5.41, 5.74) is 1.19. The summed E-state index contributed by atoms with van der Waals surface area (Å²) in [7, 11) is 0. The zero-order valence-electron chi connectivity index (χ0n) is 10.3. The van der Waals surface area contributed by atoms with Gasteiger partial charge in [0.15, 0.2) is 0 Å². The number of rotatable bonds is 6. The highest BCUT2D eigenvalue weighted by molar-refractivity contribution is 7.10. The third-order valence-corrected chi connectivity index (χ3v) is 3.79. The predicted molar refractivity (Wildman–Crippen MR) is 72.2 cm³/mol. The number of thiophene rings is 1. The molecule has 2 rings (SSSR count). The van der Waals surface area contributed by atoms with Crippen LogP contribution in [-0.2, 0) is 6.42 Å². The molecule has 0 aliphatic rings. The van der Waals surface area contributed by atoms with Crippen LogP contribution in [0.15, 0.2) is 30.0 Å². The monoisotopic (exact) mass is 249 g/mol. The minimum atomic E-state index is 0.456. The molecule has 2 heterocycles. The first-order valence-electron chi connectivity index (χ1n) is 6.01. The smallest absolute Gasteiger partial charge is 0.0921 e. The number of nitrogens with zero attached hydrogens (tertiary/aromatic N) is 1. The van der Waals surface area contributed by atoms with Gasteiger partial charge in [0.1, 0.15) is 0 Å². The van der Waals surface area contributed by atoms with Crippen LogP contribution in [0.3, 0.4) is 0 Å². The Morgan fingerprint density at radius 2 is 2.35 bits per heavy atom. The fourth-order valence-corrected chi connectivity index (χ4v) is 2.89. The zero-order valence-corrected chi connectivity index (χ0v) is 11.1. The molecule has 2 N–H and O–H groups in total. The third-order valence-electron chi connectivity index (χ3n) is 2.83. The maximum Gasteiger partial charge on any atom is 0.0921 e. The van der Waals surface area contributed by atoms with E-state index in [4.69, 9.17) is 0 Å². The molecule has 0 radical (unpaired) electrons. The van der Waals surface area contributed by atoms with Gasteiger partial charge in [-0.25, -0.2) is 4.98 Å². The molecule has 2 aromatic heterocycles. The van der Waals surface area contributed by atoms with Crippen LogP contribution < -0.4 is 5.32 Å². The van der Waals surface area contributed by atoms with Gasteiger partial charge in [-0.1, -0.05) is 19.9 Å². The van der Waals surface area contributed by atoms with E-state index in [9.17, 15) is 0 Å². The quantitative estimate of drug-likeness (QED) is 0.826. The molecule has 4 heteroatoms. The molecule has 17 heavy (non-hydrogen) atoms. The Balaban J connectivity index is 1.86. The predicted octanol–water partition coefficient (Wildman–Crippen LogP) is 3.00. The standard InChI is InChI=1S/C13H19N3S/c1-10(2)13(12-4-3-7-17-12)15-6-5-11-8-14-9-16-11/h3-4,7-10,13,15H,5-6H2,1-2H3,(H,14,16). The van der Waals surface area contributed by atoms with Crippen molar-refractivity contribution in [2.75, 3.05) is 6.54 Å². The minimum Gasteiger partial charge on any atom is -0.348 e. The number of aromatic nitrogens is 2. The van der Waals surface area contributed by atoms with Gasteiger partial charge in [-0.15, -0.1) is 11.3 Å². The Hall–Kier alpha value is -1.13. The molecule has 1 atom stereocenters. The first-order valence-corrected chi connectivity index (χ1v) is 6.89. The summed E-state index contributed by atoms with van der Waals surface area (Å²) in [6, 6.07) is 4.78. The molecule has 0 aliphatic heterocycles. The van der Waals surface area contributed by atoms with Gasteiger partial charge in [-0.2, -0.15) is 0 Å². The van der Waals surface area contributed by atoms with E-state index in [1.54, 1.807) is 6.33 Å². The largest absolute Gasteiger partial charge is 0.348 e. The van der Waals surface area contributed by atoms with Crippen LogP contribution >= 0.6 is 11.3 Å². The van der Waals surface area contributed by atoms with Gasteiger partial charge in [0.25, 0.3) is 0 Å². The van der Waals surface area contributed by atoms with Crippen LogP contribution in [0.25, 0.3) is 0 Å². The Morgan fingerprint density at radius 1 is 1.47 bits per heavy atom. The number of hydrogen-bond donors (Lipinski definition) is 2. The van der Waals surface area contributed by atoms with Crippen LogP contribution in [0.2, 0.25) is 0 Å². The molecular formula is C13H19N3S. The third kappa shape index (κ3) is 3.41. The highest BCUT2D eigenvalue weighted by atomic mass is 32.1. The van der Waals surface area contributed by atoms with E-state index >= 15 is 0 Å². The molecule has 0 aliphatic carbocycles. The van der Waals surface area contributed by atoms with Crippen LogP contribution in [-0.4, -0.2) is 16.5 Å². The normalized spacial score (nSPS) is 13.1. The molecular weight excluding hydrogens is 230 g/mol. The van der Waals surface area contributed by atoms with Gasteiger partial charge in [-0.3, -0.25) is 0 Å². The molecule has 0 saturated heterocycles. The van der Waals surface area contributed by atoms with E-state index in [1.165, 1.54) is 10.6 Å². The minimum absolute atomic E-state index is 0.456. The van der Waals surface area contributed by atoms with Crippen molar-refractivity contribution in [2.24, 2.45) is 5.92 Å². The first kappa shape index (κ1) is 12.3. The average Bonchev–Trinajstić information content (AvgIpc) is 2.96. The van der Waals surface area contributed by atoms with E-state index in [2.05, 4.69) is 46.6 Å². The maximum absolute atomic E-state index is 4.02. The molecule has 0 bridgehead atoms. The fourth-order valence-electron chi connectivity index (χ4n) is 1.92. The topological polar surface area (TPSA) is 40.7 Å². The van der Waals surface area contributed by atoms with E-state index in [0.717, 1.165) is 13.0 Å². The lowest BCUT2D eigenvalue weighted by Crippen LogP contribution is -2.27. The maximum atomic E-state index is 4.02. The Kier molecular flexibility index (Phi) is 4.34. The van der Waals surface area contributed by atoms with Crippen molar-refractivity contribution in [1.29, 1.82) is 0 Å². The Morgan fingerprint density at radius 3 is 2.94 bits per heavy atom. The number of hydrogen-bond acceptors (Lipinski definition) is 3. The highest BCUT2D eigenvalue weighted by Crippen LogP contribution is 2.25. The van der Waals surface area contributed by atoms with Crippen LogP contribution in [0.4, 0.5) is 0 Å². The molecule has 92 valence electrons. The highest BCUT2D eigenvalue weighted by Gasteiger charge is 2.15. The Bertz CT molecular complexity index is 406. The van der Waals surface area contributed by atoms with Crippen LogP contribution in [0.5, 0.6) is 0 Å². The molecule has 0 amide bonds. The van der Waals surface area contributed by atoms with Crippen LogP contribution in [0.1, 0.15) is 30.5 Å². The van der Waals surface area contributed by atoms with Crippen LogP contribution in [0, 0.1) is 5.92 Å². The summed E-state index contributed by atoms with van der Waals surface area (Å²) in [5, 5.41) is 5.76. The molecule has 0 fully saturated rings. The molecule has 1 unspecified atom stereocenters. The molecule has 3 nitrogen and oxygen atoms in total. The van der Waals surface area contributed by atoms with Gasteiger partial charge in [-0.05, 0) is 17.4 Å². The average molecular weight is 249 g/mol. The molecule has 0 aromatic carbocycles. The number of imidazole rings is 1. The summed E-state index contributed by atoms with van der Waals surface area (Å²) in [6.07, 6.45) is 4.61. The molecule has 2 aromatic rings. The van der Waals surface area contributed by atoms with Gasteiger partial charge in [0.2, 0.25) is 0 Å². The first-order chi connectivity index (χ1) is 8.27. The zero-order chi connectivity index (χ0) is 12.1. The van der Waals surface area contributed by atoms with E-state index < -0.39 is 0 Å². The second kappa shape index (κ2) is 5.98. The number of nitrogens with one attached hydrogen (secondary N) is 2. The Labute approximate surface area is 106 Å². The lowest BCUT2D eigenvalue weighted by molar-refractivity contribution is 0.420. The summed E-state index contributed by atoms with van der Waals surface area (Å²) in [6.45, 7) is 5.49. The van der Waals surface area contributed by atoms with E-state index in [-0.39, 0.29) is 0 Å². The van der Waals surface area contributed by atoms with Gasteiger partial charge >= 0.3 is 0 Å². The van der Waals surface area contributed by atoms with Crippen molar-refractivity contribution >= 4 is 11.3 Å². The summed E-state index contributed by atoms with van der Waals surface area (Å²) >= 11 is 1.82. The van der Waals surface area contributed by atoms with E-state index in [0.29, 0.717) is 12.0 Å². The van der Waals surface area contributed by atoms with E-state index in [1.807, 2.05) is 17.5 Å². The van der Waals surface area contributed by atoms with Gasteiger partial charge < -0.3 is 10.3 Å². The summed E-state index contributed by atoms with van der Waals surface area (Å²) in [4.78, 5) is 8.57. The summed E-state index contributed by atoms with van der Waals surface area (Å²) < 4.78 is 0. The van der Waals surface area contributed by atoms with Crippen molar-refractivity contribution in [3.63, 3.8) is 0 Å². The van der Waals surface area contributed by atoms with Gasteiger partial charge in [0, 0.05) is 35.8 Å². The van der Waals surface area contributed by atoms with Crippen molar-refractivity contribution < 1.29 is 0 Å². The lowest BCUT2D eigenvalue weighted by Gasteiger charge is -2.21.